The first kappa shape index (κ1) is 23.8. The number of esters is 1. The van der Waals surface area contributed by atoms with E-state index in [4.69, 9.17) is 14.7 Å². The van der Waals surface area contributed by atoms with E-state index in [1.165, 1.54) is 4.57 Å². The van der Waals surface area contributed by atoms with E-state index in [1.54, 1.807) is 28.8 Å². The van der Waals surface area contributed by atoms with Gasteiger partial charge in [0, 0.05) is 13.1 Å². The van der Waals surface area contributed by atoms with Crippen molar-refractivity contribution in [1.29, 1.82) is 5.26 Å². The standard InChI is InChI=1S/C23H27N5O5/c1-3-5-13-28-21-20(22(30)26-23(28)31)27(12-4-2)18(25-21)14-33-19(29)15-32-17-8-6-16(7-9-17)10-11-24/h6-9H,3-5,10,12-15H2,1-2H3,(H,26,30,31). The second kappa shape index (κ2) is 11.1. The molecule has 0 aliphatic rings. The highest BCUT2D eigenvalue weighted by Crippen LogP contribution is 2.15. The Morgan fingerprint density at radius 1 is 1.12 bits per heavy atom. The molecule has 2 heterocycles. The predicted molar refractivity (Wildman–Crippen MR) is 121 cm³/mol. The van der Waals surface area contributed by atoms with Gasteiger partial charge in [-0.2, -0.15) is 5.26 Å². The second-order valence-corrected chi connectivity index (χ2v) is 7.54. The van der Waals surface area contributed by atoms with E-state index >= 15 is 0 Å². The van der Waals surface area contributed by atoms with Crippen LogP contribution in [0.2, 0.25) is 0 Å². The fourth-order valence-electron chi connectivity index (χ4n) is 3.44. The van der Waals surface area contributed by atoms with Crippen LogP contribution in [-0.4, -0.2) is 31.7 Å². The first-order valence-electron chi connectivity index (χ1n) is 10.9. The molecule has 0 atom stereocenters. The van der Waals surface area contributed by atoms with E-state index in [0.29, 0.717) is 42.2 Å². The summed E-state index contributed by atoms with van der Waals surface area (Å²) in [5.74, 6) is 0.282. The molecule has 0 unspecified atom stereocenters. The molecule has 10 heteroatoms. The molecule has 33 heavy (non-hydrogen) atoms. The van der Waals surface area contributed by atoms with Crippen molar-refractivity contribution < 1.29 is 14.3 Å². The van der Waals surface area contributed by atoms with Gasteiger partial charge >= 0.3 is 11.7 Å². The Labute approximate surface area is 190 Å². The third-order valence-electron chi connectivity index (χ3n) is 5.07. The van der Waals surface area contributed by atoms with E-state index in [9.17, 15) is 14.4 Å². The van der Waals surface area contributed by atoms with Crippen molar-refractivity contribution >= 4 is 17.1 Å². The highest BCUT2D eigenvalue weighted by molar-refractivity contribution is 5.72. The number of hydrogen-bond acceptors (Lipinski definition) is 7. The molecule has 1 N–H and O–H groups in total. The van der Waals surface area contributed by atoms with Crippen LogP contribution in [0.1, 0.15) is 44.5 Å². The number of nitriles is 1. The van der Waals surface area contributed by atoms with Gasteiger partial charge in [-0.3, -0.25) is 14.3 Å². The number of carbonyl (C=O) groups excluding carboxylic acids is 1. The summed E-state index contributed by atoms with van der Waals surface area (Å²) in [7, 11) is 0. The largest absolute Gasteiger partial charge is 0.482 e. The van der Waals surface area contributed by atoms with Crippen LogP contribution in [-0.2, 0) is 35.6 Å². The Kier molecular flexibility index (Phi) is 8.02. The lowest BCUT2D eigenvalue weighted by Crippen LogP contribution is -2.31. The summed E-state index contributed by atoms with van der Waals surface area (Å²) >= 11 is 0. The number of nitrogens with zero attached hydrogens (tertiary/aromatic N) is 4. The second-order valence-electron chi connectivity index (χ2n) is 7.54. The summed E-state index contributed by atoms with van der Waals surface area (Å²) in [6.45, 7) is 4.44. The first-order valence-corrected chi connectivity index (χ1v) is 10.9. The third kappa shape index (κ3) is 5.68. The highest BCUT2D eigenvalue weighted by Gasteiger charge is 2.19. The number of unbranched alkanes of at least 4 members (excludes halogenated alkanes) is 1. The summed E-state index contributed by atoms with van der Waals surface area (Å²) in [6, 6.07) is 8.94. The van der Waals surface area contributed by atoms with Crippen molar-refractivity contribution in [2.45, 2.75) is 59.2 Å². The van der Waals surface area contributed by atoms with Crippen LogP contribution >= 0.6 is 0 Å². The van der Waals surface area contributed by atoms with Gasteiger partial charge < -0.3 is 14.0 Å². The molecule has 0 saturated carbocycles. The maximum Gasteiger partial charge on any atom is 0.344 e. The molecule has 0 aliphatic heterocycles. The Balaban J connectivity index is 1.75. The number of aromatic amines is 1. The topological polar surface area (TPSA) is 132 Å². The summed E-state index contributed by atoms with van der Waals surface area (Å²) in [5, 5.41) is 8.71. The number of aromatic nitrogens is 4. The molecule has 0 bridgehead atoms. The number of nitrogens with one attached hydrogen (secondary N) is 1. The molecule has 0 fully saturated rings. The van der Waals surface area contributed by atoms with Crippen molar-refractivity contribution in [3.63, 3.8) is 0 Å². The number of hydrogen-bond donors (Lipinski definition) is 1. The number of carbonyl (C=O) groups is 1. The third-order valence-corrected chi connectivity index (χ3v) is 5.07. The normalized spacial score (nSPS) is 10.8. The molecule has 3 rings (SSSR count). The van der Waals surface area contributed by atoms with Crippen LogP contribution in [0.15, 0.2) is 33.9 Å². The summed E-state index contributed by atoms with van der Waals surface area (Å²) < 4.78 is 13.9. The van der Waals surface area contributed by atoms with Crippen LogP contribution in [0.3, 0.4) is 0 Å². The summed E-state index contributed by atoms with van der Waals surface area (Å²) in [4.78, 5) is 43.9. The van der Waals surface area contributed by atoms with E-state index < -0.39 is 17.2 Å². The molecular weight excluding hydrogens is 426 g/mol. The summed E-state index contributed by atoms with van der Waals surface area (Å²) in [5.41, 5.74) is 0.441. The number of benzene rings is 1. The van der Waals surface area contributed by atoms with Crippen molar-refractivity contribution in [2.24, 2.45) is 0 Å². The maximum absolute atomic E-state index is 12.5. The minimum absolute atomic E-state index is 0.153. The molecule has 0 amide bonds. The monoisotopic (exact) mass is 453 g/mol. The zero-order chi connectivity index (χ0) is 23.8. The SMILES string of the molecule is CCCCn1c(=O)[nH]c(=O)c2c1nc(COC(=O)COc1ccc(CC#N)cc1)n2CCC. The number of fused-ring (bicyclic) bond motifs is 1. The van der Waals surface area contributed by atoms with Gasteiger partial charge in [-0.25, -0.2) is 14.6 Å². The lowest BCUT2D eigenvalue weighted by atomic mass is 10.2. The molecule has 174 valence electrons. The Bertz CT molecular complexity index is 1260. The number of H-pyrrole nitrogens is 1. The van der Waals surface area contributed by atoms with Gasteiger partial charge in [0.05, 0.1) is 12.5 Å². The van der Waals surface area contributed by atoms with Crippen LogP contribution in [0.4, 0.5) is 0 Å². The maximum atomic E-state index is 12.5. The lowest BCUT2D eigenvalue weighted by Gasteiger charge is -2.09. The number of aryl methyl sites for hydroxylation is 2. The van der Waals surface area contributed by atoms with Crippen LogP contribution in [0.25, 0.3) is 11.2 Å². The number of ether oxygens (including phenoxy) is 2. The zero-order valence-corrected chi connectivity index (χ0v) is 18.8. The quantitative estimate of drug-likeness (QED) is 0.441. The highest BCUT2D eigenvalue weighted by atomic mass is 16.6. The first-order chi connectivity index (χ1) is 16.0. The lowest BCUT2D eigenvalue weighted by molar-refractivity contribution is -0.147. The zero-order valence-electron chi connectivity index (χ0n) is 18.8. The van der Waals surface area contributed by atoms with Crippen molar-refractivity contribution in [3.8, 4) is 11.8 Å². The van der Waals surface area contributed by atoms with Crippen LogP contribution in [0, 0.1) is 11.3 Å². The predicted octanol–water partition coefficient (Wildman–Crippen LogP) is 2.28. The van der Waals surface area contributed by atoms with Crippen LogP contribution < -0.4 is 16.0 Å². The average Bonchev–Trinajstić information content (AvgIpc) is 3.16. The molecule has 0 spiro atoms. The number of imidazole rings is 1. The molecule has 0 saturated heterocycles. The average molecular weight is 453 g/mol. The fraction of sp³-hybridized carbons (Fsp3) is 0.435. The van der Waals surface area contributed by atoms with E-state index in [0.717, 1.165) is 24.8 Å². The van der Waals surface area contributed by atoms with Gasteiger partial charge in [0.1, 0.15) is 18.2 Å². The molecule has 3 aromatic rings. The van der Waals surface area contributed by atoms with Gasteiger partial charge in [0.25, 0.3) is 5.56 Å². The summed E-state index contributed by atoms with van der Waals surface area (Å²) in [6.07, 6.45) is 2.68. The smallest absolute Gasteiger partial charge is 0.344 e. The van der Waals surface area contributed by atoms with E-state index in [2.05, 4.69) is 16.0 Å². The fourth-order valence-corrected chi connectivity index (χ4v) is 3.44. The molecule has 10 nitrogen and oxygen atoms in total. The Morgan fingerprint density at radius 3 is 2.55 bits per heavy atom. The van der Waals surface area contributed by atoms with Gasteiger partial charge in [-0.1, -0.05) is 32.4 Å². The van der Waals surface area contributed by atoms with Gasteiger partial charge in [-0.15, -0.1) is 0 Å². The van der Waals surface area contributed by atoms with Crippen LogP contribution in [0.5, 0.6) is 5.75 Å². The molecule has 2 aromatic heterocycles. The van der Waals surface area contributed by atoms with Gasteiger partial charge in [-0.05, 0) is 30.5 Å². The Morgan fingerprint density at radius 2 is 1.88 bits per heavy atom. The number of rotatable bonds is 11. The van der Waals surface area contributed by atoms with Gasteiger partial charge in [0.2, 0.25) is 0 Å². The minimum atomic E-state index is -0.594. The molecule has 0 radical (unpaired) electrons. The Hall–Kier alpha value is -3.87. The molecular formula is C23H27N5O5. The molecule has 1 aromatic carbocycles. The van der Waals surface area contributed by atoms with Crippen molar-refractivity contribution in [3.05, 3.63) is 56.5 Å². The van der Waals surface area contributed by atoms with Crippen molar-refractivity contribution in [1.82, 2.24) is 19.1 Å². The van der Waals surface area contributed by atoms with E-state index in [1.807, 2.05) is 13.8 Å². The molecule has 0 aliphatic carbocycles. The minimum Gasteiger partial charge on any atom is -0.482 e. The van der Waals surface area contributed by atoms with Crippen molar-refractivity contribution in [2.75, 3.05) is 6.61 Å². The van der Waals surface area contributed by atoms with E-state index in [-0.39, 0.29) is 13.2 Å². The van der Waals surface area contributed by atoms with Gasteiger partial charge in [0.15, 0.2) is 17.8 Å².